The molecule has 0 fully saturated rings. The molecule has 142 valence electrons. The Labute approximate surface area is 159 Å². The van der Waals surface area contributed by atoms with Gasteiger partial charge in [-0.2, -0.15) is 0 Å². The Hall–Kier alpha value is -1.79. The molecule has 1 aromatic heterocycles. The SMILES string of the molecule is NS(=O)(=O)c1ccc(N/C2=N/C(NCC(O)CO)=C(Br)\C=C/CC2)cn1. The van der Waals surface area contributed by atoms with E-state index in [1.165, 1.54) is 12.3 Å². The Morgan fingerprint density at radius 2 is 2.15 bits per heavy atom. The van der Waals surface area contributed by atoms with E-state index in [2.05, 4.69) is 36.5 Å². The minimum Gasteiger partial charge on any atom is -0.394 e. The summed E-state index contributed by atoms with van der Waals surface area (Å²) in [5.74, 6) is 1.11. The molecule has 11 heteroatoms. The van der Waals surface area contributed by atoms with Crippen LogP contribution in [0.2, 0.25) is 0 Å². The molecule has 0 amide bonds. The summed E-state index contributed by atoms with van der Waals surface area (Å²) in [6.07, 6.45) is 5.64. The fourth-order valence-corrected chi connectivity index (χ4v) is 2.89. The van der Waals surface area contributed by atoms with Crippen molar-refractivity contribution >= 4 is 37.5 Å². The van der Waals surface area contributed by atoms with E-state index >= 15 is 0 Å². The zero-order valence-electron chi connectivity index (χ0n) is 13.8. The van der Waals surface area contributed by atoms with E-state index in [0.29, 0.717) is 28.2 Å². The van der Waals surface area contributed by atoms with Gasteiger partial charge in [0, 0.05) is 13.0 Å². The summed E-state index contributed by atoms with van der Waals surface area (Å²) >= 11 is 3.41. The summed E-state index contributed by atoms with van der Waals surface area (Å²) < 4.78 is 23.2. The second-order valence-electron chi connectivity index (χ2n) is 5.47. The summed E-state index contributed by atoms with van der Waals surface area (Å²) in [7, 11) is -3.84. The highest BCUT2D eigenvalue weighted by Gasteiger charge is 2.12. The highest BCUT2D eigenvalue weighted by atomic mass is 79.9. The number of anilines is 1. The molecule has 1 aliphatic heterocycles. The summed E-state index contributed by atoms with van der Waals surface area (Å²) in [5, 5.41) is 29.3. The third-order valence-corrected chi connectivity index (χ3v) is 4.78. The van der Waals surface area contributed by atoms with Gasteiger partial charge in [0.25, 0.3) is 10.0 Å². The van der Waals surface area contributed by atoms with Gasteiger partial charge in [-0.05, 0) is 40.6 Å². The summed E-state index contributed by atoms with van der Waals surface area (Å²) in [4.78, 5) is 8.32. The van der Waals surface area contributed by atoms with Crippen LogP contribution in [0.25, 0.3) is 0 Å². The molecule has 0 radical (unpaired) electrons. The van der Waals surface area contributed by atoms with Crippen molar-refractivity contribution in [3.05, 3.63) is 40.8 Å². The molecule has 2 heterocycles. The van der Waals surface area contributed by atoms with Crippen LogP contribution in [-0.4, -0.2) is 48.7 Å². The second kappa shape index (κ2) is 9.24. The number of amidine groups is 1. The molecule has 0 bridgehead atoms. The van der Waals surface area contributed by atoms with Crippen molar-refractivity contribution < 1.29 is 18.6 Å². The van der Waals surface area contributed by atoms with Crippen LogP contribution in [0.3, 0.4) is 0 Å². The highest BCUT2D eigenvalue weighted by molar-refractivity contribution is 9.11. The number of halogens is 1. The monoisotopic (exact) mass is 445 g/mol. The molecule has 26 heavy (non-hydrogen) atoms. The Balaban J connectivity index is 2.18. The van der Waals surface area contributed by atoms with Crippen molar-refractivity contribution in [2.45, 2.75) is 24.0 Å². The predicted octanol–water partition coefficient (Wildman–Crippen LogP) is 0.396. The number of hydrogen-bond donors (Lipinski definition) is 5. The third-order valence-electron chi connectivity index (χ3n) is 3.32. The molecule has 6 N–H and O–H groups in total. The Bertz CT molecular complexity index is 821. The number of nitrogens with two attached hydrogens (primary N) is 1. The van der Waals surface area contributed by atoms with E-state index in [4.69, 9.17) is 10.2 Å². The van der Waals surface area contributed by atoms with Crippen LogP contribution < -0.4 is 15.8 Å². The van der Waals surface area contributed by atoms with Crippen molar-refractivity contribution in [2.24, 2.45) is 10.1 Å². The average molecular weight is 446 g/mol. The number of nitrogens with one attached hydrogen (secondary N) is 2. The maximum atomic E-state index is 11.3. The lowest BCUT2D eigenvalue weighted by Gasteiger charge is -2.16. The average Bonchev–Trinajstić information content (AvgIpc) is 2.59. The molecular weight excluding hydrogens is 426 g/mol. The Morgan fingerprint density at radius 1 is 1.38 bits per heavy atom. The maximum absolute atomic E-state index is 11.3. The number of aliphatic hydroxyl groups excluding tert-OH is 2. The number of aliphatic imine (C=N–C) groups is 1. The number of primary sulfonamides is 1. The standard InChI is InChI=1S/C15H20BrN5O4S/c16-12-3-1-2-4-13(21-15(12)19-8-11(23)9-22)20-10-5-6-14(18-7-10)26(17,24)25/h1,3,5-7,11,19,22-23H,2,4,8-9H2,(H,20,21)(H2,17,24,25)/b3-1-,15-12+. The minimum absolute atomic E-state index is 0.135. The van der Waals surface area contributed by atoms with E-state index in [1.807, 2.05) is 12.2 Å². The number of aliphatic hydroxyl groups is 2. The van der Waals surface area contributed by atoms with Crippen LogP contribution in [0.15, 0.2) is 50.8 Å². The number of aromatic nitrogens is 1. The smallest absolute Gasteiger partial charge is 0.255 e. The first-order valence-electron chi connectivity index (χ1n) is 7.72. The molecule has 1 aromatic rings. The summed E-state index contributed by atoms with van der Waals surface area (Å²) in [6, 6.07) is 2.86. The Kier molecular flexibility index (Phi) is 7.29. The van der Waals surface area contributed by atoms with Crippen molar-refractivity contribution in [3.63, 3.8) is 0 Å². The molecule has 0 aliphatic carbocycles. The number of nitrogens with zero attached hydrogens (tertiary/aromatic N) is 2. The molecular formula is C15H20BrN5O4S. The van der Waals surface area contributed by atoms with Crippen molar-refractivity contribution in [1.29, 1.82) is 0 Å². The molecule has 9 nitrogen and oxygen atoms in total. The molecule has 1 atom stereocenters. The minimum atomic E-state index is -3.84. The number of sulfonamides is 1. The number of hydrogen-bond acceptors (Lipinski definition) is 8. The first kappa shape index (κ1) is 20.5. The lowest BCUT2D eigenvalue weighted by atomic mass is 10.2. The Morgan fingerprint density at radius 3 is 2.77 bits per heavy atom. The van der Waals surface area contributed by atoms with Crippen LogP contribution in [0, 0.1) is 0 Å². The number of pyridine rings is 1. The van der Waals surface area contributed by atoms with Gasteiger partial charge in [0.15, 0.2) is 5.03 Å². The molecule has 0 aromatic carbocycles. The first-order chi connectivity index (χ1) is 12.3. The number of allylic oxidation sites excluding steroid dienone is 3. The zero-order chi connectivity index (χ0) is 19.2. The van der Waals surface area contributed by atoms with Crippen molar-refractivity contribution in [3.8, 4) is 0 Å². The number of rotatable bonds is 6. The van der Waals surface area contributed by atoms with Gasteiger partial charge < -0.3 is 20.8 Å². The van der Waals surface area contributed by atoms with E-state index in [9.17, 15) is 13.5 Å². The van der Waals surface area contributed by atoms with Crippen LogP contribution >= 0.6 is 15.9 Å². The lowest BCUT2D eigenvalue weighted by molar-refractivity contribution is 0.0964. The van der Waals surface area contributed by atoms with Gasteiger partial charge in [-0.1, -0.05) is 6.08 Å². The van der Waals surface area contributed by atoms with Crippen LogP contribution in [-0.2, 0) is 10.0 Å². The fourth-order valence-electron chi connectivity index (χ4n) is 2.01. The predicted molar refractivity (Wildman–Crippen MR) is 102 cm³/mol. The highest BCUT2D eigenvalue weighted by Crippen LogP contribution is 2.18. The van der Waals surface area contributed by atoms with Crippen molar-refractivity contribution in [1.82, 2.24) is 10.3 Å². The topological polar surface area (TPSA) is 150 Å². The molecule has 0 saturated carbocycles. The van der Waals surface area contributed by atoms with Crippen LogP contribution in [0.4, 0.5) is 5.69 Å². The van der Waals surface area contributed by atoms with Gasteiger partial charge in [-0.25, -0.2) is 23.5 Å². The van der Waals surface area contributed by atoms with Gasteiger partial charge in [0.1, 0.15) is 11.7 Å². The van der Waals surface area contributed by atoms with Gasteiger partial charge >= 0.3 is 0 Å². The molecule has 1 unspecified atom stereocenters. The molecule has 0 saturated heterocycles. The van der Waals surface area contributed by atoms with E-state index in [-0.39, 0.29) is 18.2 Å². The van der Waals surface area contributed by atoms with E-state index < -0.39 is 16.1 Å². The van der Waals surface area contributed by atoms with Crippen molar-refractivity contribution in [2.75, 3.05) is 18.5 Å². The largest absolute Gasteiger partial charge is 0.394 e. The first-order valence-corrected chi connectivity index (χ1v) is 10.1. The lowest BCUT2D eigenvalue weighted by Crippen LogP contribution is -2.29. The van der Waals surface area contributed by atoms with Gasteiger partial charge in [-0.15, -0.1) is 0 Å². The maximum Gasteiger partial charge on any atom is 0.255 e. The second-order valence-corrected chi connectivity index (χ2v) is 7.83. The molecule has 2 rings (SSSR count). The van der Waals surface area contributed by atoms with Gasteiger partial charge in [-0.3, -0.25) is 0 Å². The third kappa shape index (κ3) is 6.18. The molecule has 1 aliphatic rings. The quantitative estimate of drug-likeness (QED) is 0.424. The van der Waals surface area contributed by atoms with E-state index in [1.54, 1.807) is 6.07 Å². The summed E-state index contributed by atoms with van der Waals surface area (Å²) in [5.41, 5.74) is 0.562. The van der Waals surface area contributed by atoms with E-state index in [0.717, 1.165) is 6.42 Å². The van der Waals surface area contributed by atoms with Gasteiger partial charge in [0.05, 0.1) is 29.1 Å². The van der Waals surface area contributed by atoms with Crippen LogP contribution in [0.1, 0.15) is 12.8 Å². The summed E-state index contributed by atoms with van der Waals surface area (Å²) in [6.45, 7) is -0.221. The zero-order valence-corrected chi connectivity index (χ0v) is 16.2. The fraction of sp³-hybridized carbons (Fsp3) is 0.333. The van der Waals surface area contributed by atoms with Crippen LogP contribution in [0.5, 0.6) is 0 Å². The normalized spacial score (nSPS) is 22.5. The van der Waals surface area contributed by atoms with Gasteiger partial charge in [0.2, 0.25) is 0 Å². The molecule has 0 spiro atoms.